The number of rotatable bonds is 6. The van der Waals surface area contributed by atoms with Gasteiger partial charge in [-0.2, -0.15) is 0 Å². The molecule has 5 heteroatoms. The van der Waals surface area contributed by atoms with E-state index in [0.717, 1.165) is 31.4 Å². The van der Waals surface area contributed by atoms with Crippen LogP contribution < -0.4 is 9.47 Å². The van der Waals surface area contributed by atoms with Crippen molar-refractivity contribution in [2.24, 2.45) is 0 Å². The number of benzene rings is 1. The second kappa shape index (κ2) is 8.51. The van der Waals surface area contributed by atoms with Gasteiger partial charge in [0, 0.05) is 37.5 Å². The molecule has 0 spiro atoms. The Hall–Kier alpha value is -2.56. The molecule has 0 fully saturated rings. The number of unbranched alkanes of at least 4 members (excludes halogenated alkanes) is 1. The van der Waals surface area contributed by atoms with E-state index in [-0.39, 0.29) is 5.91 Å². The normalized spacial score (nSPS) is 13.2. The smallest absolute Gasteiger partial charge is 0.254 e. The van der Waals surface area contributed by atoms with Gasteiger partial charge in [-0.25, -0.2) is 0 Å². The zero-order valence-corrected chi connectivity index (χ0v) is 14.6. The molecule has 0 bridgehead atoms. The van der Waals surface area contributed by atoms with Crippen molar-refractivity contribution in [1.29, 1.82) is 0 Å². The number of nitrogens with zero attached hydrogens (tertiary/aromatic N) is 2. The number of amides is 1. The molecule has 1 aromatic carbocycles. The summed E-state index contributed by atoms with van der Waals surface area (Å²) in [6.07, 6.45) is 6.38. The molecular weight excluding hydrogens is 316 g/mol. The number of fused-ring (bicyclic) bond motifs is 1. The Kier molecular flexibility index (Phi) is 5.88. The number of hydrogen-bond donors (Lipinski definition) is 0. The maximum Gasteiger partial charge on any atom is 0.254 e. The standard InChI is InChI=1S/C20H24N2O3/c1-2-3-11-22(15-16-7-9-21-10-8-16)20(23)17-5-6-18-19(14-17)25-13-4-12-24-18/h5-10,14H,2-4,11-13,15H2,1H3. The monoisotopic (exact) mass is 340 g/mol. The fraction of sp³-hybridized carbons (Fsp3) is 0.400. The lowest BCUT2D eigenvalue weighted by Crippen LogP contribution is -2.31. The maximum absolute atomic E-state index is 13.0. The lowest BCUT2D eigenvalue weighted by atomic mass is 10.1. The van der Waals surface area contributed by atoms with Crippen LogP contribution in [0.2, 0.25) is 0 Å². The first kappa shape index (κ1) is 17.3. The van der Waals surface area contributed by atoms with Crippen molar-refractivity contribution < 1.29 is 14.3 Å². The van der Waals surface area contributed by atoms with Crippen molar-refractivity contribution in [2.45, 2.75) is 32.7 Å². The van der Waals surface area contributed by atoms with Crippen LogP contribution in [0.5, 0.6) is 11.5 Å². The molecule has 132 valence electrons. The van der Waals surface area contributed by atoms with Crippen LogP contribution in [0.3, 0.4) is 0 Å². The van der Waals surface area contributed by atoms with Gasteiger partial charge in [-0.15, -0.1) is 0 Å². The van der Waals surface area contributed by atoms with E-state index in [1.54, 1.807) is 18.5 Å². The Morgan fingerprint density at radius 1 is 1.12 bits per heavy atom. The van der Waals surface area contributed by atoms with E-state index in [9.17, 15) is 4.79 Å². The molecule has 1 aliphatic rings. The van der Waals surface area contributed by atoms with Crippen molar-refractivity contribution in [3.63, 3.8) is 0 Å². The van der Waals surface area contributed by atoms with Gasteiger partial charge < -0.3 is 14.4 Å². The lowest BCUT2D eigenvalue weighted by Gasteiger charge is -2.23. The third-order valence-corrected chi connectivity index (χ3v) is 4.19. The van der Waals surface area contributed by atoms with Crippen LogP contribution in [0.1, 0.15) is 42.1 Å². The predicted molar refractivity (Wildman–Crippen MR) is 95.9 cm³/mol. The second-order valence-corrected chi connectivity index (χ2v) is 6.15. The minimum Gasteiger partial charge on any atom is -0.490 e. The largest absolute Gasteiger partial charge is 0.490 e. The van der Waals surface area contributed by atoms with Crippen LogP contribution in [-0.4, -0.2) is 35.5 Å². The van der Waals surface area contributed by atoms with Gasteiger partial charge in [0.1, 0.15) is 0 Å². The Balaban J connectivity index is 1.80. The lowest BCUT2D eigenvalue weighted by molar-refractivity contribution is 0.0740. The summed E-state index contributed by atoms with van der Waals surface area (Å²) in [6, 6.07) is 9.34. The summed E-state index contributed by atoms with van der Waals surface area (Å²) in [5.41, 5.74) is 1.71. The van der Waals surface area contributed by atoms with Gasteiger partial charge in [0.25, 0.3) is 5.91 Å². The van der Waals surface area contributed by atoms with Crippen molar-refractivity contribution in [2.75, 3.05) is 19.8 Å². The van der Waals surface area contributed by atoms with Gasteiger partial charge in [0.2, 0.25) is 0 Å². The summed E-state index contributed by atoms with van der Waals surface area (Å²) in [7, 11) is 0. The quantitative estimate of drug-likeness (QED) is 0.805. The molecule has 5 nitrogen and oxygen atoms in total. The Morgan fingerprint density at radius 2 is 1.88 bits per heavy atom. The van der Waals surface area contributed by atoms with Crippen LogP contribution in [0.15, 0.2) is 42.7 Å². The highest BCUT2D eigenvalue weighted by Gasteiger charge is 2.19. The van der Waals surface area contributed by atoms with E-state index in [4.69, 9.17) is 9.47 Å². The maximum atomic E-state index is 13.0. The Labute approximate surface area is 148 Å². The Bertz CT molecular complexity index is 703. The molecule has 0 N–H and O–H groups in total. The van der Waals surface area contributed by atoms with E-state index in [2.05, 4.69) is 11.9 Å². The van der Waals surface area contributed by atoms with Gasteiger partial charge in [-0.3, -0.25) is 9.78 Å². The molecule has 0 saturated heterocycles. The number of aromatic nitrogens is 1. The first-order valence-corrected chi connectivity index (χ1v) is 8.85. The number of hydrogen-bond acceptors (Lipinski definition) is 4. The first-order valence-electron chi connectivity index (χ1n) is 8.85. The van der Waals surface area contributed by atoms with Crippen molar-refractivity contribution in [3.05, 3.63) is 53.9 Å². The molecule has 0 atom stereocenters. The van der Waals surface area contributed by atoms with Gasteiger partial charge in [0.05, 0.1) is 13.2 Å². The van der Waals surface area contributed by atoms with E-state index < -0.39 is 0 Å². The molecule has 25 heavy (non-hydrogen) atoms. The minimum atomic E-state index is 0.0147. The SMILES string of the molecule is CCCCN(Cc1ccncc1)C(=O)c1ccc2c(c1)OCCCO2. The summed E-state index contributed by atoms with van der Waals surface area (Å²) < 4.78 is 11.4. The first-order chi connectivity index (χ1) is 12.3. The van der Waals surface area contributed by atoms with Crippen LogP contribution >= 0.6 is 0 Å². The molecule has 2 heterocycles. The molecule has 0 saturated carbocycles. The van der Waals surface area contributed by atoms with Gasteiger partial charge in [-0.05, 0) is 42.3 Å². The molecular formula is C20H24N2O3. The zero-order chi connectivity index (χ0) is 17.5. The van der Waals surface area contributed by atoms with E-state index in [0.29, 0.717) is 36.8 Å². The molecule has 1 aliphatic heterocycles. The van der Waals surface area contributed by atoms with Crippen LogP contribution in [0.25, 0.3) is 0 Å². The summed E-state index contributed by atoms with van der Waals surface area (Å²) in [5.74, 6) is 1.38. The predicted octanol–water partition coefficient (Wildman–Crippen LogP) is 3.69. The van der Waals surface area contributed by atoms with E-state index in [1.165, 1.54) is 0 Å². The van der Waals surface area contributed by atoms with Gasteiger partial charge >= 0.3 is 0 Å². The Morgan fingerprint density at radius 3 is 2.64 bits per heavy atom. The summed E-state index contributed by atoms with van der Waals surface area (Å²) in [5, 5.41) is 0. The third-order valence-electron chi connectivity index (χ3n) is 4.19. The topological polar surface area (TPSA) is 51.7 Å². The third kappa shape index (κ3) is 4.50. The molecule has 1 amide bonds. The second-order valence-electron chi connectivity index (χ2n) is 6.15. The molecule has 0 aliphatic carbocycles. The number of pyridine rings is 1. The average Bonchev–Trinajstić information content (AvgIpc) is 2.90. The fourth-order valence-electron chi connectivity index (χ4n) is 2.79. The molecule has 0 unspecified atom stereocenters. The molecule has 2 aromatic rings. The highest BCUT2D eigenvalue weighted by molar-refractivity contribution is 5.95. The van der Waals surface area contributed by atoms with Crippen LogP contribution in [-0.2, 0) is 6.54 Å². The van der Waals surface area contributed by atoms with Crippen molar-refractivity contribution >= 4 is 5.91 Å². The van der Waals surface area contributed by atoms with Crippen LogP contribution in [0.4, 0.5) is 0 Å². The van der Waals surface area contributed by atoms with Crippen LogP contribution in [0, 0.1) is 0 Å². The molecule has 3 rings (SSSR count). The zero-order valence-electron chi connectivity index (χ0n) is 14.6. The van der Waals surface area contributed by atoms with Crippen molar-refractivity contribution in [3.8, 4) is 11.5 Å². The highest BCUT2D eigenvalue weighted by Crippen LogP contribution is 2.31. The number of carbonyl (C=O) groups is 1. The molecule has 0 radical (unpaired) electrons. The van der Waals surface area contributed by atoms with Gasteiger partial charge in [-0.1, -0.05) is 13.3 Å². The number of carbonyl (C=O) groups excluding carboxylic acids is 1. The average molecular weight is 340 g/mol. The van der Waals surface area contributed by atoms with Gasteiger partial charge in [0.15, 0.2) is 11.5 Å². The summed E-state index contributed by atoms with van der Waals surface area (Å²) in [4.78, 5) is 19.0. The summed E-state index contributed by atoms with van der Waals surface area (Å²) in [6.45, 7) is 4.69. The minimum absolute atomic E-state index is 0.0147. The van der Waals surface area contributed by atoms with E-state index in [1.807, 2.05) is 29.2 Å². The van der Waals surface area contributed by atoms with E-state index >= 15 is 0 Å². The van der Waals surface area contributed by atoms with Crippen molar-refractivity contribution in [1.82, 2.24) is 9.88 Å². The summed E-state index contributed by atoms with van der Waals surface area (Å²) >= 11 is 0. The fourth-order valence-corrected chi connectivity index (χ4v) is 2.79. The highest BCUT2D eigenvalue weighted by atomic mass is 16.5. The number of ether oxygens (including phenoxy) is 2. The molecule has 1 aromatic heterocycles.